The first-order chi connectivity index (χ1) is 8.34. The molecule has 0 fully saturated rings. The molecular weight excluding hydrogens is 248 g/mol. The standard InChI is InChI=1S/C12H16F4N2/c1-18(6-2-5-17)8-9-3-4-11(13)10(7-9)12(14,15)16/h3-4,7H,2,5-6,8,17H2,1H3. The Kier molecular flexibility index (Phi) is 5.10. The molecule has 0 aliphatic heterocycles. The summed E-state index contributed by atoms with van der Waals surface area (Å²) >= 11 is 0. The third kappa shape index (κ3) is 4.27. The topological polar surface area (TPSA) is 29.3 Å². The smallest absolute Gasteiger partial charge is 0.330 e. The zero-order chi connectivity index (χ0) is 13.8. The van der Waals surface area contributed by atoms with Crippen molar-refractivity contribution < 1.29 is 17.6 Å². The van der Waals surface area contributed by atoms with Gasteiger partial charge >= 0.3 is 6.18 Å². The second kappa shape index (κ2) is 6.15. The van der Waals surface area contributed by atoms with E-state index in [4.69, 9.17) is 5.73 Å². The van der Waals surface area contributed by atoms with Crippen molar-refractivity contribution in [3.63, 3.8) is 0 Å². The Bertz CT molecular complexity index is 390. The first-order valence-electron chi connectivity index (χ1n) is 5.59. The predicted octanol–water partition coefficient (Wildman–Crippen LogP) is 2.63. The minimum Gasteiger partial charge on any atom is -0.330 e. The van der Waals surface area contributed by atoms with Gasteiger partial charge in [-0.1, -0.05) is 6.07 Å². The van der Waals surface area contributed by atoms with Crippen LogP contribution in [0.1, 0.15) is 17.5 Å². The van der Waals surface area contributed by atoms with E-state index in [2.05, 4.69) is 0 Å². The molecule has 2 nitrogen and oxygen atoms in total. The van der Waals surface area contributed by atoms with Gasteiger partial charge in [0, 0.05) is 6.54 Å². The summed E-state index contributed by atoms with van der Waals surface area (Å²) in [4.78, 5) is 1.85. The van der Waals surface area contributed by atoms with Crippen molar-refractivity contribution in [3.8, 4) is 0 Å². The summed E-state index contributed by atoms with van der Waals surface area (Å²) in [5.41, 5.74) is 4.56. The van der Waals surface area contributed by atoms with Crippen LogP contribution in [-0.2, 0) is 12.7 Å². The fourth-order valence-corrected chi connectivity index (χ4v) is 1.64. The highest BCUT2D eigenvalue weighted by Crippen LogP contribution is 2.32. The van der Waals surface area contributed by atoms with Gasteiger partial charge in [-0.25, -0.2) is 4.39 Å². The number of rotatable bonds is 5. The highest BCUT2D eigenvalue weighted by atomic mass is 19.4. The maximum absolute atomic E-state index is 13.1. The van der Waals surface area contributed by atoms with E-state index in [0.29, 0.717) is 25.2 Å². The minimum atomic E-state index is -4.66. The molecule has 6 heteroatoms. The van der Waals surface area contributed by atoms with Crippen LogP contribution in [0.15, 0.2) is 18.2 Å². The van der Waals surface area contributed by atoms with Gasteiger partial charge in [0.05, 0.1) is 5.56 Å². The van der Waals surface area contributed by atoms with Gasteiger partial charge in [-0.05, 0) is 44.3 Å². The number of halogens is 4. The summed E-state index contributed by atoms with van der Waals surface area (Å²) < 4.78 is 50.6. The summed E-state index contributed by atoms with van der Waals surface area (Å²) in [7, 11) is 1.78. The Hall–Kier alpha value is -1.14. The molecule has 0 aromatic heterocycles. The van der Waals surface area contributed by atoms with Gasteiger partial charge in [-0.15, -0.1) is 0 Å². The fourth-order valence-electron chi connectivity index (χ4n) is 1.64. The van der Waals surface area contributed by atoms with Gasteiger partial charge < -0.3 is 10.6 Å². The number of nitrogens with two attached hydrogens (primary N) is 1. The average molecular weight is 264 g/mol. The monoisotopic (exact) mass is 264 g/mol. The van der Waals surface area contributed by atoms with E-state index in [1.54, 1.807) is 7.05 Å². The van der Waals surface area contributed by atoms with Crippen molar-refractivity contribution >= 4 is 0 Å². The van der Waals surface area contributed by atoms with Gasteiger partial charge in [-0.2, -0.15) is 13.2 Å². The summed E-state index contributed by atoms with van der Waals surface area (Å²) in [5, 5.41) is 0. The van der Waals surface area contributed by atoms with Crippen LogP contribution in [0.3, 0.4) is 0 Å². The van der Waals surface area contributed by atoms with Crippen molar-refractivity contribution in [2.45, 2.75) is 19.1 Å². The number of hydrogen-bond donors (Lipinski definition) is 1. The maximum Gasteiger partial charge on any atom is 0.419 e. The van der Waals surface area contributed by atoms with Gasteiger partial charge in [-0.3, -0.25) is 0 Å². The number of nitrogens with zero attached hydrogens (tertiary/aromatic N) is 1. The van der Waals surface area contributed by atoms with Crippen LogP contribution in [0.4, 0.5) is 17.6 Å². The molecule has 0 atom stereocenters. The lowest BCUT2D eigenvalue weighted by molar-refractivity contribution is -0.140. The number of alkyl halides is 3. The highest BCUT2D eigenvalue weighted by Gasteiger charge is 2.34. The van der Waals surface area contributed by atoms with Crippen LogP contribution in [0.5, 0.6) is 0 Å². The minimum absolute atomic E-state index is 0.337. The Morgan fingerprint density at radius 3 is 2.50 bits per heavy atom. The highest BCUT2D eigenvalue weighted by molar-refractivity contribution is 5.27. The maximum atomic E-state index is 13.1. The van der Waals surface area contributed by atoms with E-state index < -0.39 is 17.6 Å². The number of benzene rings is 1. The number of hydrogen-bond acceptors (Lipinski definition) is 2. The normalized spacial score (nSPS) is 12.2. The Morgan fingerprint density at radius 2 is 1.94 bits per heavy atom. The second-order valence-corrected chi connectivity index (χ2v) is 4.19. The molecule has 0 heterocycles. The quantitative estimate of drug-likeness (QED) is 0.828. The Labute approximate surface area is 103 Å². The van der Waals surface area contributed by atoms with Crippen molar-refractivity contribution in [3.05, 3.63) is 35.1 Å². The second-order valence-electron chi connectivity index (χ2n) is 4.19. The first-order valence-corrected chi connectivity index (χ1v) is 5.59. The molecule has 0 spiro atoms. The molecule has 1 aromatic carbocycles. The van der Waals surface area contributed by atoms with Gasteiger partial charge in [0.1, 0.15) is 5.82 Å². The largest absolute Gasteiger partial charge is 0.419 e. The van der Waals surface area contributed by atoms with Crippen LogP contribution < -0.4 is 5.73 Å². The summed E-state index contributed by atoms with van der Waals surface area (Å²) in [6.07, 6.45) is -3.89. The molecule has 102 valence electrons. The molecule has 0 unspecified atom stereocenters. The third-order valence-electron chi connectivity index (χ3n) is 2.53. The van der Waals surface area contributed by atoms with Gasteiger partial charge in [0.25, 0.3) is 0 Å². The van der Waals surface area contributed by atoms with E-state index in [9.17, 15) is 17.6 Å². The van der Waals surface area contributed by atoms with Crippen LogP contribution in [0.25, 0.3) is 0 Å². The zero-order valence-electron chi connectivity index (χ0n) is 10.1. The van der Waals surface area contributed by atoms with Crippen molar-refractivity contribution in [1.29, 1.82) is 0 Å². The summed E-state index contributed by atoms with van der Waals surface area (Å²) in [5.74, 6) is -1.24. The van der Waals surface area contributed by atoms with Crippen LogP contribution in [0, 0.1) is 5.82 Å². The molecule has 0 aliphatic rings. The summed E-state index contributed by atoms with van der Waals surface area (Å²) in [6, 6.07) is 3.08. The van der Waals surface area contributed by atoms with Gasteiger partial charge in [0.2, 0.25) is 0 Å². The van der Waals surface area contributed by atoms with E-state index >= 15 is 0 Å². The molecule has 0 amide bonds. The molecule has 2 N–H and O–H groups in total. The lowest BCUT2D eigenvalue weighted by Gasteiger charge is -2.17. The molecule has 0 saturated carbocycles. The molecule has 0 saturated heterocycles. The van der Waals surface area contributed by atoms with Crippen molar-refractivity contribution in [2.75, 3.05) is 20.1 Å². The lowest BCUT2D eigenvalue weighted by Crippen LogP contribution is -2.21. The van der Waals surface area contributed by atoms with Crippen molar-refractivity contribution in [1.82, 2.24) is 4.90 Å². The van der Waals surface area contributed by atoms with E-state index in [1.165, 1.54) is 6.07 Å². The van der Waals surface area contributed by atoms with Crippen LogP contribution in [0.2, 0.25) is 0 Å². The lowest BCUT2D eigenvalue weighted by atomic mass is 10.1. The molecule has 18 heavy (non-hydrogen) atoms. The van der Waals surface area contributed by atoms with E-state index in [-0.39, 0.29) is 0 Å². The van der Waals surface area contributed by atoms with Crippen LogP contribution in [-0.4, -0.2) is 25.0 Å². The molecular formula is C12H16F4N2. The van der Waals surface area contributed by atoms with E-state index in [0.717, 1.165) is 18.6 Å². The SMILES string of the molecule is CN(CCCN)Cc1ccc(F)c(C(F)(F)F)c1. The van der Waals surface area contributed by atoms with E-state index in [1.807, 2.05) is 4.90 Å². The zero-order valence-corrected chi connectivity index (χ0v) is 10.1. The molecule has 0 bridgehead atoms. The Morgan fingerprint density at radius 1 is 1.28 bits per heavy atom. The van der Waals surface area contributed by atoms with Gasteiger partial charge in [0.15, 0.2) is 0 Å². The third-order valence-corrected chi connectivity index (χ3v) is 2.53. The van der Waals surface area contributed by atoms with Crippen LogP contribution >= 0.6 is 0 Å². The van der Waals surface area contributed by atoms with Crippen molar-refractivity contribution in [2.24, 2.45) is 5.73 Å². The Balaban J connectivity index is 2.79. The molecule has 1 rings (SSSR count). The average Bonchev–Trinajstić information content (AvgIpc) is 2.27. The predicted molar refractivity (Wildman–Crippen MR) is 61.4 cm³/mol. The fraction of sp³-hybridized carbons (Fsp3) is 0.500. The molecule has 0 radical (unpaired) electrons. The first kappa shape index (κ1) is 14.9. The molecule has 0 aliphatic carbocycles. The molecule has 1 aromatic rings. The summed E-state index contributed by atoms with van der Waals surface area (Å²) in [6.45, 7) is 1.56.